The smallest absolute Gasteiger partial charge is 0.0606 e. The fourth-order valence-corrected chi connectivity index (χ4v) is 2.44. The van der Waals surface area contributed by atoms with Gasteiger partial charge < -0.3 is 5.32 Å². The van der Waals surface area contributed by atoms with Gasteiger partial charge in [0.25, 0.3) is 0 Å². The van der Waals surface area contributed by atoms with Crippen LogP contribution in [0, 0.1) is 13.8 Å². The van der Waals surface area contributed by atoms with Gasteiger partial charge in [0.05, 0.1) is 11.4 Å². The fraction of sp³-hybridized carbons (Fsp3) is 0.353. The molecule has 0 amide bonds. The zero-order chi connectivity index (χ0) is 13.2. The number of hydrogen-bond donors (Lipinski definition) is 1. The molecule has 3 rings (SSSR count). The molecule has 0 aliphatic heterocycles. The van der Waals surface area contributed by atoms with E-state index in [2.05, 4.69) is 53.6 Å². The van der Waals surface area contributed by atoms with Crippen molar-refractivity contribution in [2.45, 2.75) is 39.2 Å². The summed E-state index contributed by atoms with van der Waals surface area (Å²) in [4.78, 5) is 4.48. The molecular weight excluding hydrogens is 232 g/mol. The largest absolute Gasteiger partial charge is 0.380 e. The summed E-state index contributed by atoms with van der Waals surface area (Å²) >= 11 is 0. The number of nitrogens with zero attached hydrogens (tertiary/aromatic N) is 1. The Morgan fingerprint density at radius 2 is 2.00 bits per heavy atom. The Balaban J connectivity index is 1.69. The molecule has 19 heavy (non-hydrogen) atoms. The van der Waals surface area contributed by atoms with Gasteiger partial charge in [0.1, 0.15) is 0 Å². The quantitative estimate of drug-likeness (QED) is 0.882. The highest BCUT2D eigenvalue weighted by Crippen LogP contribution is 2.40. The van der Waals surface area contributed by atoms with Crippen LogP contribution in [0.2, 0.25) is 0 Å². The Morgan fingerprint density at radius 1 is 1.16 bits per heavy atom. The Kier molecular flexibility index (Phi) is 3.24. The summed E-state index contributed by atoms with van der Waals surface area (Å²) in [5, 5.41) is 3.48. The van der Waals surface area contributed by atoms with Gasteiger partial charge in [0.2, 0.25) is 0 Å². The number of pyridine rings is 1. The topological polar surface area (TPSA) is 24.9 Å². The van der Waals surface area contributed by atoms with Crippen molar-refractivity contribution in [2.75, 3.05) is 5.32 Å². The highest BCUT2D eigenvalue weighted by molar-refractivity contribution is 5.48. The molecule has 1 aliphatic rings. The van der Waals surface area contributed by atoms with Gasteiger partial charge in [0.15, 0.2) is 0 Å². The summed E-state index contributed by atoms with van der Waals surface area (Å²) in [6.45, 7) is 4.94. The van der Waals surface area contributed by atoms with Crippen molar-refractivity contribution in [3.05, 3.63) is 58.9 Å². The average Bonchev–Trinajstić information content (AvgIpc) is 3.22. The van der Waals surface area contributed by atoms with E-state index in [0.717, 1.165) is 29.5 Å². The molecule has 1 N–H and O–H groups in total. The van der Waals surface area contributed by atoms with Crippen LogP contribution in [0.25, 0.3) is 0 Å². The van der Waals surface area contributed by atoms with Crippen LogP contribution in [0.15, 0.2) is 36.4 Å². The minimum absolute atomic E-state index is 0.822. The Hall–Kier alpha value is -1.83. The first kappa shape index (κ1) is 12.2. The van der Waals surface area contributed by atoms with E-state index in [9.17, 15) is 0 Å². The predicted octanol–water partition coefficient (Wildman–Crippen LogP) is 4.19. The lowest BCUT2D eigenvalue weighted by molar-refractivity contribution is 1.06. The molecule has 1 aliphatic carbocycles. The Bertz CT molecular complexity index is 586. The third-order valence-corrected chi connectivity index (χ3v) is 3.71. The van der Waals surface area contributed by atoms with Crippen LogP contribution in [-0.4, -0.2) is 4.98 Å². The summed E-state index contributed by atoms with van der Waals surface area (Å²) in [5.41, 5.74) is 6.11. The number of rotatable bonds is 4. The van der Waals surface area contributed by atoms with Crippen molar-refractivity contribution in [1.29, 1.82) is 0 Å². The van der Waals surface area contributed by atoms with Crippen LogP contribution in [0.4, 0.5) is 5.69 Å². The summed E-state index contributed by atoms with van der Waals surface area (Å²) in [7, 11) is 0. The SMILES string of the molecule is Cc1ccc(NCc2cccc(C3CC3)c2)c(C)n1. The third kappa shape index (κ3) is 2.95. The van der Waals surface area contributed by atoms with Crippen LogP contribution in [-0.2, 0) is 6.54 Å². The van der Waals surface area contributed by atoms with Gasteiger partial charge in [-0.1, -0.05) is 24.3 Å². The van der Waals surface area contributed by atoms with Gasteiger partial charge in [-0.15, -0.1) is 0 Å². The van der Waals surface area contributed by atoms with E-state index >= 15 is 0 Å². The Morgan fingerprint density at radius 3 is 2.74 bits per heavy atom. The molecule has 1 heterocycles. The molecule has 2 aromatic rings. The summed E-state index contributed by atoms with van der Waals surface area (Å²) in [6.07, 6.45) is 2.72. The van der Waals surface area contributed by atoms with Crippen molar-refractivity contribution in [1.82, 2.24) is 4.98 Å². The third-order valence-electron chi connectivity index (χ3n) is 3.71. The minimum Gasteiger partial charge on any atom is -0.380 e. The molecule has 1 aromatic heterocycles. The standard InChI is InChI=1S/C17H20N2/c1-12-6-9-17(13(2)19-12)18-11-14-4-3-5-16(10-14)15-7-8-15/h3-6,9-10,15,18H,7-8,11H2,1-2H3. The van der Waals surface area contributed by atoms with Crippen LogP contribution in [0.1, 0.15) is 41.3 Å². The van der Waals surface area contributed by atoms with Crippen LogP contribution in [0.5, 0.6) is 0 Å². The van der Waals surface area contributed by atoms with Gasteiger partial charge in [-0.2, -0.15) is 0 Å². The summed E-state index contributed by atoms with van der Waals surface area (Å²) < 4.78 is 0. The van der Waals surface area contributed by atoms with Gasteiger partial charge in [0, 0.05) is 12.2 Å². The number of aromatic nitrogens is 1. The molecule has 0 saturated heterocycles. The molecule has 2 nitrogen and oxygen atoms in total. The lowest BCUT2D eigenvalue weighted by atomic mass is 10.1. The zero-order valence-corrected chi connectivity index (χ0v) is 11.6. The Labute approximate surface area is 114 Å². The number of anilines is 1. The van der Waals surface area contributed by atoms with Gasteiger partial charge in [-0.25, -0.2) is 0 Å². The molecule has 0 spiro atoms. The second-order valence-electron chi connectivity index (χ2n) is 5.46. The van der Waals surface area contributed by atoms with E-state index in [1.165, 1.54) is 24.0 Å². The molecule has 0 bridgehead atoms. The van der Waals surface area contributed by atoms with Crippen molar-refractivity contribution in [2.24, 2.45) is 0 Å². The van der Waals surface area contributed by atoms with Crippen LogP contribution < -0.4 is 5.32 Å². The van der Waals surface area contributed by atoms with E-state index in [4.69, 9.17) is 0 Å². The maximum absolute atomic E-state index is 4.48. The lowest BCUT2D eigenvalue weighted by Crippen LogP contribution is -2.03. The monoisotopic (exact) mass is 252 g/mol. The highest BCUT2D eigenvalue weighted by atomic mass is 14.9. The summed E-state index contributed by atoms with van der Waals surface area (Å²) in [5.74, 6) is 0.822. The molecule has 1 saturated carbocycles. The van der Waals surface area contributed by atoms with Crippen molar-refractivity contribution in [3.8, 4) is 0 Å². The van der Waals surface area contributed by atoms with Gasteiger partial charge in [-0.3, -0.25) is 4.98 Å². The van der Waals surface area contributed by atoms with E-state index in [0.29, 0.717) is 0 Å². The molecule has 0 atom stereocenters. The van der Waals surface area contributed by atoms with Crippen LogP contribution in [0.3, 0.4) is 0 Å². The number of benzene rings is 1. The second-order valence-corrected chi connectivity index (χ2v) is 5.46. The van der Waals surface area contributed by atoms with Gasteiger partial charge in [-0.05, 0) is 55.9 Å². The average molecular weight is 252 g/mol. The first-order valence-electron chi connectivity index (χ1n) is 6.99. The first-order chi connectivity index (χ1) is 9.22. The molecular formula is C17H20N2. The first-order valence-corrected chi connectivity index (χ1v) is 6.99. The van der Waals surface area contributed by atoms with E-state index in [1.807, 2.05) is 6.92 Å². The normalized spacial score (nSPS) is 14.4. The highest BCUT2D eigenvalue weighted by Gasteiger charge is 2.23. The zero-order valence-electron chi connectivity index (χ0n) is 11.6. The van der Waals surface area contributed by atoms with Gasteiger partial charge >= 0.3 is 0 Å². The fourth-order valence-electron chi connectivity index (χ4n) is 2.44. The van der Waals surface area contributed by atoms with Crippen molar-refractivity contribution >= 4 is 5.69 Å². The predicted molar refractivity (Wildman–Crippen MR) is 79.5 cm³/mol. The van der Waals surface area contributed by atoms with E-state index in [-0.39, 0.29) is 0 Å². The molecule has 0 radical (unpaired) electrons. The van der Waals surface area contributed by atoms with Crippen molar-refractivity contribution < 1.29 is 0 Å². The minimum atomic E-state index is 0.822. The molecule has 1 fully saturated rings. The maximum Gasteiger partial charge on any atom is 0.0606 e. The second kappa shape index (κ2) is 5.04. The summed E-state index contributed by atoms with van der Waals surface area (Å²) in [6, 6.07) is 13.1. The number of aryl methyl sites for hydroxylation is 2. The van der Waals surface area contributed by atoms with Crippen molar-refractivity contribution in [3.63, 3.8) is 0 Å². The molecule has 1 aromatic carbocycles. The number of hydrogen-bond acceptors (Lipinski definition) is 2. The molecule has 0 unspecified atom stereocenters. The molecule has 98 valence electrons. The number of nitrogens with one attached hydrogen (secondary N) is 1. The molecule has 2 heteroatoms. The lowest BCUT2D eigenvalue weighted by Gasteiger charge is -2.10. The van der Waals surface area contributed by atoms with Crippen LogP contribution >= 0.6 is 0 Å². The van der Waals surface area contributed by atoms with E-state index < -0.39 is 0 Å². The maximum atomic E-state index is 4.48. The van der Waals surface area contributed by atoms with E-state index in [1.54, 1.807) is 0 Å².